The Morgan fingerprint density at radius 2 is 1.48 bits per heavy atom. The molecular formula is C40H47N7O5. The maximum absolute atomic E-state index is 13.9. The SMILES string of the molecule is CC(C)[C@H](NC(=O)N(C)Cc1nc2ccccc2[nH]1)C(=O)N[C@@H](Cc1ccccc1)C[C@H](O)[C@H](Cc1ccccc1)NC(=O)OCc1cccnc1. The van der Waals surface area contributed by atoms with Gasteiger partial charge in [0, 0.05) is 31.0 Å². The van der Waals surface area contributed by atoms with E-state index >= 15 is 0 Å². The lowest BCUT2D eigenvalue weighted by atomic mass is 9.93. The topological polar surface area (TPSA) is 162 Å². The normalized spacial score (nSPS) is 13.5. The van der Waals surface area contributed by atoms with Crippen molar-refractivity contribution in [1.29, 1.82) is 0 Å². The fraction of sp³-hybridized carbons (Fsp3) is 0.325. The molecule has 0 bridgehead atoms. The molecule has 0 spiro atoms. The molecule has 0 aliphatic heterocycles. The molecule has 5 rings (SSSR count). The number of hydrogen-bond donors (Lipinski definition) is 5. The number of aliphatic hydroxyl groups excluding tert-OH is 1. The van der Waals surface area contributed by atoms with Crippen LogP contribution >= 0.6 is 0 Å². The second-order valence-corrected chi connectivity index (χ2v) is 13.3. The van der Waals surface area contributed by atoms with Gasteiger partial charge < -0.3 is 35.7 Å². The van der Waals surface area contributed by atoms with Gasteiger partial charge in [-0.1, -0.05) is 92.7 Å². The summed E-state index contributed by atoms with van der Waals surface area (Å²) in [5.74, 6) is 0.00549. The smallest absolute Gasteiger partial charge is 0.407 e. The van der Waals surface area contributed by atoms with Gasteiger partial charge in [0.15, 0.2) is 0 Å². The molecule has 4 atom stereocenters. The molecule has 2 aromatic heterocycles. The van der Waals surface area contributed by atoms with Crippen LogP contribution in [0.5, 0.6) is 0 Å². The summed E-state index contributed by atoms with van der Waals surface area (Å²) in [4.78, 5) is 53.5. The third-order valence-electron chi connectivity index (χ3n) is 8.76. The summed E-state index contributed by atoms with van der Waals surface area (Å²) in [6.07, 6.45) is 2.37. The summed E-state index contributed by atoms with van der Waals surface area (Å²) in [6.45, 7) is 3.97. The Labute approximate surface area is 304 Å². The molecule has 0 fully saturated rings. The van der Waals surface area contributed by atoms with Gasteiger partial charge in [-0.2, -0.15) is 0 Å². The molecule has 272 valence electrons. The summed E-state index contributed by atoms with van der Waals surface area (Å²) < 4.78 is 5.46. The van der Waals surface area contributed by atoms with Crippen LogP contribution in [0.4, 0.5) is 9.59 Å². The van der Waals surface area contributed by atoms with Gasteiger partial charge in [0.2, 0.25) is 5.91 Å². The minimum absolute atomic E-state index is 0.0241. The van der Waals surface area contributed by atoms with Crippen molar-refractivity contribution in [2.45, 2.75) is 70.5 Å². The molecule has 0 saturated carbocycles. The lowest BCUT2D eigenvalue weighted by Gasteiger charge is -2.30. The van der Waals surface area contributed by atoms with E-state index in [2.05, 4.69) is 30.9 Å². The number of pyridine rings is 1. The van der Waals surface area contributed by atoms with Gasteiger partial charge in [0.1, 0.15) is 18.5 Å². The molecule has 0 unspecified atom stereocenters. The number of carbonyl (C=O) groups excluding carboxylic acids is 3. The number of carbonyl (C=O) groups is 3. The van der Waals surface area contributed by atoms with E-state index in [1.807, 2.05) is 98.8 Å². The van der Waals surface area contributed by atoms with Crippen molar-refractivity contribution in [2.75, 3.05) is 7.05 Å². The number of aromatic nitrogens is 3. The molecule has 5 aromatic rings. The zero-order valence-electron chi connectivity index (χ0n) is 29.7. The molecule has 0 aliphatic rings. The van der Waals surface area contributed by atoms with E-state index in [1.165, 1.54) is 4.90 Å². The zero-order valence-corrected chi connectivity index (χ0v) is 29.7. The molecule has 5 N–H and O–H groups in total. The van der Waals surface area contributed by atoms with Crippen LogP contribution in [-0.4, -0.2) is 74.3 Å². The van der Waals surface area contributed by atoms with Crippen molar-refractivity contribution in [3.05, 3.63) is 132 Å². The van der Waals surface area contributed by atoms with Crippen molar-refractivity contribution in [3.63, 3.8) is 0 Å². The van der Waals surface area contributed by atoms with Crippen LogP contribution in [0.15, 0.2) is 109 Å². The highest BCUT2D eigenvalue weighted by atomic mass is 16.5. The average Bonchev–Trinajstić information content (AvgIpc) is 3.56. The number of para-hydroxylation sites is 2. The molecule has 0 radical (unpaired) electrons. The Balaban J connectivity index is 1.27. The quantitative estimate of drug-likeness (QED) is 0.0950. The van der Waals surface area contributed by atoms with E-state index < -0.39 is 36.4 Å². The first-order valence-electron chi connectivity index (χ1n) is 17.5. The van der Waals surface area contributed by atoms with Crippen LogP contribution in [0.25, 0.3) is 11.0 Å². The first-order chi connectivity index (χ1) is 25.1. The molecule has 0 aliphatic carbocycles. The van der Waals surface area contributed by atoms with Crippen molar-refractivity contribution >= 4 is 29.1 Å². The Hall–Kier alpha value is -5.75. The number of alkyl carbamates (subject to hydrolysis) is 1. The van der Waals surface area contributed by atoms with Gasteiger partial charge in [-0.15, -0.1) is 0 Å². The molecule has 2 heterocycles. The molecule has 3 aromatic carbocycles. The number of hydrogen-bond acceptors (Lipinski definition) is 7. The Morgan fingerprint density at radius 3 is 2.13 bits per heavy atom. The lowest BCUT2D eigenvalue weighted by molar-refractivity contribution is -0.124. The van der Waals surface area contributed by atoms with E-state index in [0.717, 1.165) is 27.7 Å². The van der Waals surface area contributed by atoms with Crippen LogP contribution < -0.4 is 16.0 Å². The molecule has 12 nitrogen and oxygen atoms in total. The van der Waals surface area contributed by atoms with Crippen molar-refractivity contribution in [1.82, 2.24) is 35.8 Å². The highest BCUT2D eigenvalue weighted by Crippen LogP contribution is 2.16. The van der Waals surface area contributed by atoms with Crippen molar-refractivity contribution in [2.24, 2.45) is 5.92 Å². The molecule has 52 heavy (non-hydrogen) atoms. The van der Waals surface area contributed by atoms with Gasteiger partial charge >= 0.3 is 12.1 Å². The van der Waals surface area contributed by atoms with Gasteiger partial charge in [0.25, 0.3) is 0 Å². The van der Waals surface area contributed by atoms with Crippen LogP contribution in [0.2, 0.25) is 0 Å². The maximum Gasteiger partial charge on any atom is 0.407 e. The summed E-state index contributed by atoms with van der Waals surface area (Å²) >= 11 is 0. The number of aromatic amines is 1. The lowest BCUT2D eigenvalue weighted by Crippen LogP contribution is -2.55. The van der Waals surface area contributed by atoms with Crippen LogP contribution in [0.3, 0.4) is 0 Å². The zero-order chi connectivity index (χ0) is 36.9. The number of H-pyrrole nitrogens is 1. The minimum Gasteiger partial charge on any atom is -0.445 e. The second-order valence-electron chi connectivity index (χ2n) is 13.3. The van der Waals surface area contributed by atoms with E-state index in [0.29, 0.717) is 18.7 Å². The number of fused-ring (bicyclic) bond motifs is 1. The number of amides is 4. The maximum atomic E-state index is 13.9. The number of nitrogens with one attached hydrogen (secondary N) is 4. The second kappa shape index (κ2) is 18.5. The molecule has 4 amide bonds. The first kappa shape index (κ1) is 37.5. The summed E-state index contributed by atoms with van der Waals surface area (Å²) in [6, 6.07) is 27.8. The number of benzene rings is 3. The number of nitrogens with zero attached hydrogens (tertiary/aromatic N) is 3. The number of ether oxygens (including phenoxy) is 1. The minimum atomic E-state index is -1.07. The highest BCUT2D eigenvalue weighted by Gasteiger charge is 2.31. The van der Waals surface area contributed by atoms with Crippen molar-refractivity contribution in [3.8, 4) is 0 Å². The summed E-state index contributed by atoms with van der Waals surface area (Å²) in [5, 5.41) is 20.6. The highest BCUT2D eigenvalue weighted by molar-refractivity contribution is 5.87. The molecule has 12 heteroatoms. The van der Waals surface area contributed by atoms with Gasteiger partial charge in [-0.3, -0.25) is 9.78 Å². The van der Waals surface area contributed by atoms with Crippen molar-refractivity contribution < 1.29 is 24.2 Å². The fourth-order valence-electron chi connectivity index (χ4n) is 5.97. The van der Waals surface area contributed by atoms with Crippen LogP contribution in [0.1, 0.15) is 42.8 Å². The Kier molecular flexibility index (Phi) is 13.3. The van der Waals surface area contributed by atoms with E-state index in [1.54, 1.807) is 31.6 Å². The average molecular weight is 706 g/mol. The fourth-order valence-corrected chi connectivity index (χ4v) is 5.97. The number of aliphatic hydroxyl groups is 1. The summed E-state index contributed by atoms with van der Waals surface area (Å²) in [5.41, 5.74) is 4.28. The standard InChI is InChI=1S/C40H47N7O5/c1-27(2)37(46-39(50)47(3)25-36-43-32-18-10-11-19-33(32)44-36)38(49)42-31(21-28-13-6-4-7-14-28)23-35(48)34(22-29-15-8-5-9-16-29)45-40(51)52-26-30-17-12-20-41-24-30/h4-20,24,27,31,34-35,37,48H,21-23,25-26H2,1-3H3,(H,42,49)(H,43,44)(H,45,51)(H,46,50)/t31-,34-,35-,37-/m0/s1. The largest absolute Gasteiger partial charge is 0.445 e. The van der Waals surface area contributed by atoms with Gasteiger partial charge in [-0.05, 0) is 54.5 Å². The van der Waals surface area contributed by atoms with E-state index in [9.17, 15) is 19.5 Å². The third-order valence-corrected chi connectivity index (χ3v) is 8.76. The van der Waals surface area contributed by atoms with E-state index in [4.69, 9.17) is 4.74 Å². The van der Waals surface area contributed by atoms with Gasteiger partial charge in [0.05, 0.1) is 29.7 Å². The van der Waals surface area contributed by atoms with Gasteiger partial charge in [-0.25, -0.2) is 14.6 Å². The molecular weight excluding hydrogens is 658 g/mol. The monoisotopic (exact) mass is 705 g/mol. The summed E-state index contributed by atoms with van der Waals surface area (Å²) in [7, 11) is 1.65. The number of urea groups is 1. The van der Waals surface area contributed by atoms with Crippen LogP contribution in [0, 0.1) is 5.92 Å². The third kappa shape index (κ3) is 11.1. The number of imidazole rings is 1. The predicted octanol–water partition coefficient (Wildman–Crippen LogP) is 5.14. The van der Waals surface area contributed by atoms with Crippen LogP contribution in [-0.2, 0) is 35.5 Å². The Morgan fingerprint density at radius 1 is 0.827 bits per heavy atom. The predicted molar refractivity (Wildman–Crippen MR) is 199 cm³/mol. The Bertz CT molecular complexity index is 1840. The number of rotatable bonds is 16. The first-order valence-corrected chi connectivity index (χ1v) is 17.5. The molecule has 0 saturated heterocycles. The van der Waals surface area contributed by atoms with E-state index in [-0.39, 0.29) is 31.4 Å².